The molecule has 21 heavy (non-hydrogen) atoms. The summed E-state index contributed by atoms with van der Waals surface area (Å²) in [6, 6.07) is 12.8. The molecular weight excluding hydrogens is 283 g/mol. The number of hydrogen-bond acceptors (Lipinski definition) is 2. The number of carbonyl (C=O) groups is 1. The van der Waals surface area contributed by atoms with Gasteiger partial charge in [-0.25, -0.2) is 0 Å². The molecule has 0 saturated carbocycles. The second kappa shape index (κ2) is 6.13. The number of anilines is 1. The first kappa shape index (κ1) is 15.3. The molecule has 3 nitrogen and oxygen atoms in total. The molecule has 0 aromatic heterocycles. The molecule has 1 atom stereocenters. The summed E-state index contributed by atoms with van der Waals surface area (Å²) >= 11 is 0. The van der Waals surface area contributed by atoms with Crippen LogP contribution in [0.4, 0.5) is 18.9 Å². The maximum absolute atomic E-state index is 12.0. The fraction of sp³-hybridized carbons (Fsp3) is 0.267. The number of rotatable bonds is 4. The molecule has 0 saturated heterocycles. The maximum atomic E-state index is 12.0. The first-order chi connectivity index (χ1) is 9.85. The monoisotopic (exact) mass is 297 g/mol. The van der Waals surface area contributed by atoms with Crippen molar-refractivity contribution in [2.24, 2.45) is 0 Å². The Morgan fingerprint density at radius 2 is 1.86 bits per heavy atom. The molecule has 2 rings (SSSR count). The molecule has 1 amide bonds. The van der Waals surface area contributed by atoms with Gasteiger partial charge in [-0.05, 0) is 29.8 Å². The van der Waals surface area contributed by atoms with Crippen molar-refractivity contribution in [3.05, 3.63) is 42.5 Å². The fourth-order valence-corrected chi connectivity index (χ4v) is 1.81. The highest BCUT2D eigenvalue weighted by Crippen LogP contribution is 2.19. The lowest BCUT2D eigenvalue weighted by Crippen LogP contribution is -2.31. The Morgan fingerprint density at radius 1 is 1.19 bits per heavy atom. The topological polar surface area (TPSA) is 38.3 Å². The SMILES string of the molecule is CC(OCC(F)(F)F)C(=O)Nc1ccc2ccccc2c1. The molecule has 1 N–H and O–H groups in total. The number of carbonyl (C=O) groups excluding carboxylic acids is 1. The summed E-state index contributed by atoms with van der Waals surface area (Å²) in [5, 5.41) is 4.48. The van der Waals surface area contributed by atoms with Gasteiger partial charge in [0.05, 0.1) is 0 Å². The van der Waals surface area contributed by atoms with Gasteiger partial charge in [0.2, 0.25) is 0 Å². The third-order valence-corrected chi connectivity index (χ3v) is 2.88. The highest BCUT2D eigenvalue weighted by atomic mass is 19.4. The van der Waals surface area contributed by atoms with E-state index in [0.29, 0.717) is 5.69 Å². The minimum atomic E-state index is -4.45. The third-order valence-electron chi connectivity index (χ3n) is 2.88. The zero-order valence-electron chi connectivity index (χ0n) is 11.3. The summed E-state index contributed by atoms with van der Waals surface area (Å²) < 4.78 is 40.6. The van der Waals surface area contributed by atoms with Crippen LogP contribution in [0.1, 0.15) is 6.92 Å². The Bertz CT molecular complexity index is 640. The van der Waals surface area contributed by atoms with Crippen molar-refractivity contribution in [2.75, 3.05) is 11.9 Å². The second-order valence-corrected chi connectivity index (χ2v) is 4.62. The summed E-state index contributed by atoms with van der Waals surface area (Å²) in [5.41, 5.74) is 0.515. The van der Waals surface area contributed by atoms with Crippen molar-refractivity contribution < 1.29 is 22.7 Å². The summed E-state index contributed by atoms with van der Waals surface area (Å²) in [6.07, 6.45) is -5.63. The van der Waals surface area contributed by atoms with Gasteiger partial charge in [0.15, 0.2) is 0 Å². The van der Waals surface area contributed by atoms with Gasteiger partial charge in [-0.2, -0.15) is 13.2 Å². The van der Waals surface area contributed by atoms with E-state index in [-0.39, 0.29) is 0 Å². The standard InChI is InChI=1S/C15H14F3NO2/c1-10(21-9-15(16,17)18)14(20)19-13-7-6-11-4-2-3-5-12(11)8-13/h2-8,10H,9H2,1H3,(H,19,20). The van der Waals surface area contributed by atoms with E-state index < -0.39 is 24.8 Å². The lowest BCUT2D eigenvalue weighted by molar-refractivity contribution is -0.184. The molecule has 112 valence electrons. The van der Waals surface area contributed by atoms with E-state index in [4.69, 9.17) is 0 Å². The molecule has 0 radical (unpaired) electrons. The fourth-order valence-electron chi connectivity index (χ4n) is 1.81. The molecule has 2 aromatic carbocycles. The van der Waals surface area contributed by atoms with Crippen molar-refractivity contribution in [2.45, 2.75) is 19.2 Å². The summed E-state index contributed by atoms with van der Waals surface area (Å²) in [5.74, 6) is -0.616. The lowest BCUT2D eigenvalue weighted by Gasteiger charge is -2.15. The average Bonchev–Trinajstić information content (AvgIpc) is 2.43. The number of amides is 1. The predicted octanol–water partition coefficient (Wildman–Crippen LogP) is 3.75. The van der Waals surface area contributed by atoms with Crippen molar-refractivity contribution in [1.82, 2.24) is 0 Å². The van der Waals surface area contributed by atoms with E-state index in [2.05, 4.69) is 10.1 Å². The van der Waals surface area contributed by atoms with E-state index >= 15 is 0 Å². The van der Waals surface area contributed by atoms with E-state index in [0.717, 1.165) is 10.8 Å². The van der Waals surface area contributed by atoms with Crippen LogP contribution in [-0.4, -0.2) is 24.8 Å². The highest BCUT2D eigenvalue weighted by Gasteiger charge is 2.29. The molecule has 6 heteroatoms. The molecule has 2 aromatic rings. The molecule has 0 aliphatic rings. The molecule has 0 aliphatic carbocycles. The summed E-state index contributed by atoms with van der Waals surface area (Å²) in [6.45, 7) is -0.165. The second-order valence-electron chi connectivity index (χ2n) is 4.62. The largest absolute Gasteiger partial charge is 0.411 e. The van der Waals surface area contributed by atoms with Crippen LogP contribution in [-0.2, 0) is 9.53 Å². The van der Waals surface area contributed by atoms with Gasteiger partial charge in [0, 0.05) is 5.69 Å². The molecule has 0 heterocycles. The zero-order chi connectivity index (χ0) is 15.5. The Balaban J connectivity index is 2.00. The number of benzene rings is 2. The first-order valence-corrected chi connectivity index (χ1v) is 6.33. The smallest absolute Gasteiger partial charge is 0.359 e. The van der Waals surface area contributed by atoms with Crippen LogP contribution in [0.15, 0.2) is 42.5 Å². The summed E-state index contributed by atoms with van der Waals surface area (Å²) in [7, 11) is 0. The van der Waals surface area contributed by atoms with Crippen molar-refractivity contribution >= 4 is 22.4 Å². The Hall–Kier alpha value is -2.08. The van der Waals surface area contributed by atoms with Crippen molar-refractivity contribution in [1.29, 1.82) is 0 Å². The Morgan fingerprint density at radius 3 is 2.52 bits per heavy atom. The number of nitrogens with one attached hydrogen (secondary N) is 1. The molecule has 1 unspecified atom stereocenters. The van der Waals surface area contributed by atoms with Crippen LogP contribution < -0.4 is 5.32 Å². The van der Waals surface area contributed by atoms with Crippen LogP contribution in [0.5, 0.6) is 0 Å². The van der Waals surface area contributed by atoms with Gasteiger partial charge in [-0.3, -0.25) is 4.79 Å². The zero-order valence-corrected chi connectivity index (χ0v) is 11.3. The number of halogens is 3. The van der Waals surface area contributed by atoms with Gasteiger partial charge < -0.3 is 10.1 Å². The van der Waals surface area contributed by atoms with Crippen LogP contribution >= 0.6 is 0 Å². The van der Waals surface area contributed by atoms with Crippen LogP contribution in [0.3, 0.4) is 0 Å². The molecular formula is C15H14F3NO2. The first-order valence-electron chi connectivity index (χ1n) is 6.33. The van der Waals surface area contributed by atoms with Gasteiger partial charge >= 0.3 is 6.18 Å². The van der Waals surface area contributed by atoms with E-state index in [9.17, 15) is 18.0 Å². The molecule has 0 spiro atoms. The minimum Gasteiger partial charge on any atom is -0.359 e. The van der Waals surface area contributed by atoms with Crippen molar-refractivity contribution in [3.8, 4) is 0 Å². The van der Waals surface area contributed by atoms with E-state index in [1.807, 2.05) is 30.3 Å². The maximum Gasteiger partial charge on any atom is 0.411 e. The van der Waals surface area contributed by atoms with Crippen LogP contribution in [0.25, 0.3) is 10.8 Å². The molecule has 0 bridgehead atoms. The van der Waals surface area contributed by atoms with Gasteiger partial charge in [0.1, 0.15) is 12.7 Å². The minimum absolute atomic E-state index is 0.515. The number of hydrogen-bond donors (Lipinski definition) is 1. The molecule has 0 aliphatic heterocycles. The van der Waals surface area contributed by atoms with Gasteiger partial charge in [-0.1, -0.05) is 30.3 Å². The van der Waals surface area contributed by atoms with Gasteiger partial charge in [-0.15, -0.1) is 0 Å². The van der Waals surface area contributed by atoms with Crippen LogP contribution in [0.2, 0.25) is 0 Å². The number of alkyl halides is 3. The van der Waals surface area contributed by atoms with E-state index in [1.165, 1.54) is 6.92 Å². The third kappa shape index (κ3) is 4.46. The normalized spacial score (nSPS) is 13.1. The predicted molar refractivity (Wildman–Crippen MR) is 74.0 cm³/mol. The van der Waals surface area contributed by atoms with Crippen molar-refractivity contribution in [3.63, 3.8) is 0 Å². The number of fused-ring (bicyclic) bond motifs is 1. The van der Waals surface area contributed by atoms with Gasteiger partial charge in [0.25, 0.3) is 5.91 Å². The lowest BCUT2D eigenvalue weighted by atomic mass is 10.1. The highest BCUT2D eigenvalue weighted by molar-refractivity contribution is 5.96. The number of ether oxygens (including phenoxy) is 1. The summed E-state index contributed by atoms with van der Waals surface area (Å²) in [4.78, 5) is 11.8. The Kier molecular flexibility index (Phi) is 4.47. The quantitative estimate of drug-likeness (QED) is 0.933. The Labute approximate surface area is 119 Å². The average molecular weight is 297 g/mol. The van der Waals surface area contributed by atoms with Crippen LogP contribution in [0, 0.1) is 0 Å². The van der Waals surface area contributed by atoms with E-state index in [1.54, 1.807) is 12.1 Å². The molecule has 0 fully saturated rings.